The molecule has 0 atom stereocenters. The number of nitrogens with zero attached hydrogens (tertiary/aromatic N) is 4. The normalized spacial score (nSPS) is 10.4. The second-order valence-electron chi connectivity index (χ2n) is 4.10. The van der Waals surface area contributed by atoms with Gasteiger partial charge in [-0.25, -0.2) is 9.97 Å². The van der Waals surface area contributed by atoms with E-state index in [1.807, 2.05) is 17.5 Å². The molecule has 0 aromatic carbocycles. The molecule has 0 saturated heterocycles. The minimum atomic E-state index is -0.189. The topological polar surface area (TPSA) is 72.7 Å². The van der Waals surface area contributed by atoms with Crippen LogP contribution in [0.4, 0.5) is 10.9 Å². The summed E-state index contributed by atoms with van der Waals surface area (Å²) in [5, 5.41) is 5.48. The zero-order chi connectivity index (χ0) is 13.9. The van der Waals surface area contributed by atoms with Crippen molar-refractivity contribution in [3.63, 3.8) is 0 Å². The Morgan fingerprint density at radius 2 is 2.25 bits per heavy atom. The third kappa shape index (κ3) is 2.43. The molecule has 3 rings (SSSR count). The minimum Gasteiger partial charge on any atom is -0.314 e. The quantitative estimate of drug-likeness (QED) is 0.797. The molecular formula is C13H11N5OS. The predicted octanol–water partition coefficient (Wildman–Crippen LogP) is 2.04. The van der Waals surface area contributed by atoms with Gasteiger partial charge in [-0.15, -0.1) is 11.3 Å². The average molecular weight is 285 g/mol. The van der Waals surface area contributed by atoms with Gasteiger partial charge in [0.1, 0.15) is 0 Å². The van der Waals surface area contributed by atoms with Crippen molar-refractivity contribution in [2.45, 2.75) is 0 Å². The van der Waals surface area contributed by atoms with Crippen LogP contribution in [0.2, 0.25) is 0 Å². The van der Waals surface area contributed by atoms with E-state index in [0.717, 1.165) is 11.3 Å². The van der Waals surface area contributed by atoms with Gasteiger partial charge in [-0.1, -0.05) is 0 Å². The van der Waals surface area contributed by atoms with Crippen LogP contribution in [0.5, 0.6) is 0 Å². The highest BCUT2D eigenvalue weighted by atomic mass is 32.1. The summed E-state index contributed by atoms with van der Waals surface area (Å²) in [5.74, 6) is 0.266. The van der Waals surface area contributed by atoms with Gasteiger partial charge >= 0.3 is 0 Å². The smallest absolute Gasteiger partial charge is 0.293 e. The Balaban J connectivity index is 1.88. The van der Waals surface area contributed by atoms with Gasteiger partial charge in [-0.2, -0.15) is 0 Å². The SMILES string of the molecule is Cn1ccnc(Nc2nc(-c3cccnc3)cs2)c1=O. The van der Waals surface area contributed by atoms with E-state index in [1.165, 1.54) is 15.9 Å². The van der Waals surface area contributed by atoms with E-state index in [-0.39, 0.29) is 11.4 Å². The molecule has 20 heavy (non-hydrogen) atoms. The Hall–Kier alpha value is -2.54. The van der Waals surface area contributed by atoms with Crippen LogP contribution < -0.4 is 10.9 Å². The highest BCUT2D eigenvalue weighted by Gasteiger charge is 2.08. The van der Waals surface area contributed by atoms with Crippen LogP contribution in [0.25, 0.3) is 11.3 Å². The van der Waals surface area contributed by atoms with Crippen molar-refractivity contribution >= 4 is 22.3 Å². The molecule has 0 fully saturated rings. The number of hydrogen-bond donors (Lipinski definition) is 1. The zero-order valence-corrected chi connectivity index (χ0v) is 11.5. The Morgan fingerprint density at radius 1 is 1.35 bits per heavy atom. The van der Waals surface area contributed by atoms with Gasteiger partial charge in [-0.05, 0) is 12.1 Å². The lowest BCUT2D eigenvalue weighted by atomic mass is 10.2. The number of thiazole rings is 1. The van der Waals surface area contributed by atoms with E-state index in [2.05, 4.69) is 20.3 Å². The maximum atomic E-state index is 11.9. The molecule has 7 heteroatoms. The highest BCUT2D eigenvalue weighted by Crippen LogP contribution is 2.25. The lowest BCUT2D eigenvalue weighted by Gasteiger charge is -2.02. The number of nitrogens with one attached hydrogen (secondary N) is 1. The largest absolute Gasteiger partial charge is 0.314 e. The third-order valence-electron chi connectivity index (χ3n) is 2.70. The first-order valence-corrected chi connectivity index (χ1v) is 6.76. The molecule has 0 saturated carbocycles. The number of aromatic nitrogens is 4. The van der Waals surface area contributed by atoms with E-state index in [1.54, 1.807) is 31.8 Å². The molecule has 3 aromatic rings. The van der Waals surface area contributed by atoms with Crippen molar-refractivity contribution in [1.29, 1.82) is 0 Å². The zero-order valence-electron chi connectivity index (χ0n) is 10.6. The summed E-state index contributed by atoms with van der Waals surface area (Å²) < 4.78 is 1.46. The molecule has 6 nitrogen and oxygen atoms in total. The van der Waals surface area contributed by atoms with Crippen LogP contribution in [0.3, 0.4) is 0 Å². The first-order chi connectivity index (χ1) is 9.74. The van der Waals surface area contributed by atoms with Gasteiger partial charge in [0.15, 0.2) is 10.9 Å². The van der Waals surface area contributed by atoms with Crippen molar-refractivity contribution in [1.82, 2.24) is 19.5 Å². The summed E-state index contributed by atoms with van der Waals surface area (Å²) >= 11 is 1.42. The van der Waals surface area contributed by atoms with Gasteiger partial charge < -0.3 is 9.88 Å². The molecule has 100 valence electrons. The number of rotatable bonds is 3. The van der Waals surface area contributed by atoms with Crippen molar-refractivity contribution in [3.8, 4) is 11.3 Å². The molecule has 0 aliphatic rings. The summed E-state index contributed by atoms with van der Waals surface area (Å²) in [6.45, 7) is 0. The molecular weight excluding hydrogens is 274 g/mol. The maximum Gasteiger partial charge on any atom is 0.293 e. The number of aryl methyl sites for hydroxylation is 1. The van der Waals surface area contributed by atoms with Crippen LogP contribution in [0.1, 0.15) is 0 Å². The summed E-state index contributed by atoms with van der Waals surface area (Å²) in [6.07, 6.45) is 6.64. The fourth-order valence-electron chi connectivity index (χ4n) is 1.66. The molecule has 1 N–H and O–H groups in total. The third-order valence-corrected chi connectivity index (χ3v) is 3.46. The van der Waals surface area contributed by atoms with Crippen molar-refractivity contribution in [2.75, 3.05) is 5.32 Å². The molecule has 0 spiro atoms. The Morgan fingerprint density at radius 3 is 3.05 bits per heavy atom. The molecule has 0 bridgehead atoms. The molecule has 0 aliphatic carbocycles. The van der Waals surface area contributed by atoms with Crippen molar-refractivity contribution in [2.24, 2.45) is 7.05 Å². The van der Waals surface area contributed by atoms with Crippen LogP contribution in [0.15, 0.2) is 47.1 Å². The van der Waals surface area contributed by atoms with Gasteiger partial charge in [0.05, 0.1) is 5.69 Å². The summed E-state index contributed by atoms with van der Waals surface area (Å²) in [7, 11) is 1.68. The first-order valence-electron chi connectivity index (χ1n) is 5.88. The van der Waals surface area contributed by atoms with E-state index in [4.69, 9.17) is 0 Å². The maximum absolute atomic E-state index is 11.9. The summed E-state index contributed by atoms with van der Waals surface area (Å²) in [6, 6.07) is 3.79. The Labute approximate surface area is 118 Å². The van der Waals surface area contributed by atoms with E-state index in [9.17, 15) is 4.79 Å². The molecule has 3 heterocycles. The van der Waals surface area contributed by atoms with E-state index < -0.39 is 0 Å². The van der Waals surface area contributed by atoms with Crippen molar-refractivity contribution < 1.29 is 0 Å². The minimum absolute atomic E-state index is 0.189. The molecule has 3 aromatic heterocycles. The first kappa shape index (κ1) is 12.5. The van der Waals surface area contributed by atoms with Crippen LogP contribution >= 0.6 is 11.3 Å². The standard InChI is InChI=1S/C13H11N5OS/c1-18-6-5-15-11(12(18)19)17-13-16-10(8-20-13)9-3-2-4-14-7-9/h2-8H,1H3,(H,15,16,17). The number of anilines is 2. The molecule has 0 aliphatic heterocycles. The van der Waals surface area contributed by atoms with E-state index >= 15 is 0 Å². The summed E-state index contributed by atoms with van der Waals surface area (Å²) in [4.78, 5) is 24.4. The van der Waals surface area contributed by atoms with Gasteiger partial charge in [0.2, 0.25) is 0 Å². The summed E-state index contributed by atoms with van der Waals surface area (Å²) in [5.41, 5.74) is 1.56. The lowest BCUT2D eigenvalue weighted by Crippen LogP contribution is -2.20. The average Bonchev–Trinajstić information content (AvgIpc) is 2.93. The second-order valence-corrected chi connectivity index (χ2v) is 4.95. The van der Waals surface area contributed by atoms with Crippen LogP contribution in [0, 0.1) is 0 Å². The van der Waals surface area contributed by atoms with Gasteiger partial charge in [-0.3, -0.25) is 9.78 Å². The van der Waals surface area contributed by atoms with Crippen LogP contribution in [-0.4, -0.2) is 19.5 Å². The molecule has 0 unspecified atom stereocenters. The van der Waals surface area contributed by atoms with Crippen LogP contribution in [-0.2, 0) is 7.05 Å². The highest BCUT2D eigenvalue weighted by molar-refractivity contribution is 7.14. The molecule has 0 radical (unpaired) electrons. The Kier molecular flexibility index (Phi) is 3.26. The van der Waals surface area contributed by atoms with Crippen molar-refractivity contribution in [3.05, 3.63) is 52.7 Å². The lowest BCUT2D eigenvalue weighted by molar-refractivity contribution is 0.845. The van der Waals surface area contributed by atoms with Gasteiger partial charge in [0, 0.05) is 42.8 Å². The monoisotopic (exact) mass is 285 g/mol. The predicted molar refractivity (Wildman–Crippen MR) is 78.1 cm³/mol. The van der Waals surface area contributed by atoms with E-state index in [0.29, 0.717) is 5.13 Å². The molecule has 0 amide bonds. The number of hydrogen-bond acceptors (Lipinski definition) is 6. The fourth-order valence-corrected chi connectivity index (χ4v) is 2.38. The Bertz CT molecular complexity index is 781. The fraction of sp³-hybridized carbons (Fsp3) is 0.0769. The van der Waals surface area contributed by atoms with Gasteiger partial charge in [0.25, 0.3) is 5.56 Å². The number of pyridine rings is 1. The second kappa shape index (κ2) is 5.22.